The molecule has 1 atom stereocenters. The number of amides is 1. The van der Waals surface area contributed by atoms with Crippen LogP contribution in [0.5, 0.6) is 0 Å². The molecular weight excluding hydrogens is 180 g/mol. The quantitative estimate of drug-likeness (QED) is 0.579. The summed E-state index contributed by atoms with van der Waals surface area (Å²) in [6, 6.07) is 0.0278. The second-order valence-corrected chi connectivity index (χ2v) is 4.39. The minimum absolute atomic E-state index is 0.0278. The lowest BCUT2D eigenvalue weighted by atomic mass is 9.82. The van der Waals surface area contributed by atoms with E-state index in [2.05, 4.69) is 10.6 Å². The van der Waals surface area contributed by atoms with Crippen LogP contribution in [0.2, 0.25) is 0 Å². The summed E-state index contributed by atoms with van der Waals surface area (Å²) in [6.45, 7) is 1.69. The van der Waals surface area contributed by atoms with Crippen LogP contribution in [0, 0.1) is 5.92 Å². The van der Waals surface area contributed by atoms with E-state index in [-0.39, 0.29) is 18.1 Å². The summed E-state index contributed by atoms with van der Waals surface area (Å²) in [5.41, 5.74) is 0. The van der Waals surface area contributed by atoms with Gasteiger partial charge in [-0.05, 0) is 38.1 Å². The van der Waals surface area contributed by atoms with Gasteiger partial charge in [0.1, 0.15) is 0 Å². The van der Waals surface area contributed by atoms with Crippen molar-refractivity contribution in [3.05, 3.63) is 0 Å². The van der Waals surface area contributed by atoms with Crippen molar-refractivity contribution in [1.82, 2.24) is 10.6 Å². The summed E-state index contributed by atoms with van der Waals surface area (Å²) in [5, 5.41) is 15.2. The first kappa shape index (κ1) is 9.93. The number of hydrogen-bond acceptors (Lipinski definition) is 3. The predicted octanol–water partition coefficient (Wildman–Crippen LogP) is -0.375. The van der Waals surface area contributed by atoms with Crippen LogP contribution >= 0.6 is 0 Å². The maximum Gasteiger partial charge on any atom is 0.237 e. The normalized spacial score (nSPS) is 36.5. The molecule has 80 valence electrons. The second kappa shape index (κ2) is 4.28. The summed E-state index contributed by atoms with van der Waals surface area (Å²) < 4.78 is 0. The van der Waals surface area contributed by atoms with Crippen LogP contribution in [0.1, 0.15) is 25.7 Å². The molecule has 4 nitrogen and oxygen atoms in total. The van der Waals surface area contributed by atoms with Gasteiger partial charge in [-0.2, -0.15) is 0 Å². The van der Waals surface area contributed by atoms with Crippen molar-refractivity contribution in [3.8, 4) is 0 Å². The van der Waals surface area contributed by atoms with Gasteiger partial charge in [0.15, 0.2) is 0 Å². The molecule has 0 aromatic rings. The number of aliphatic hydroxyl groups is 1. The fourth-order valence-electron chi connectivity index (χ4n) is 2.14. The van der Waals surface area contributed by atoms with Crippen LogP contribution in [0.15, 0.2) is 0 Å². The van der Waals surface area contributed by atoms with Gasteiger partial charge in [-0.25, -0.2) is 0 Å². The molecule has 14 heavy (non-hydrogen) atoms. The largest absolute Gasteiger partial charge is 0.393 e. The monoisotopic (exact) mass is 198 g/mol. The number of rotatable bonds is 3. The van der Waals surface area contributed by atoms with Crippen LogP contribution in [0.3, 0.4) is 0 Å². The van der Waals surface area contributed by atoms with Crippen LogP contribution in [0.25, 0.3) is 0 Å². The minimum atomic E-state index is -0.124. The van der Waals surface area contributed by atoms with Crippen LogP contribution < -0.4 is 10.6 Å². The van der Waals surface area contributed by atoms with Crippen molar-refractivity contribution < 1.29 is 9.90 Å². The molecule has 0 bridgehead atoms. The summed E-state index contributed by atoms with van der Waals surface area (Å²) >= 11 is 0. The molecule has 2 aliphatic rings. The van der Waals surface area contributed by atoms with E-state index in [1.54, 1.807) is 0 Å². The molecule has 1 heterocycles. The van der Waals surface area contributed by atoms with E-state index in [0.29, 0.717) is 5.92 Å². The Morgan fingerprint density at radius 2 is 2.29 bits per heavy atom. The van der Waals surface area contributed by atoms with Crippen LogP contribution in [0.4, 0.5) is 0 Å². The third kappa shape index (κ3) is 2.25. The van der Waals surface area contributed by atoms with E-state index in [0.717, 1.165) is 38.8 Å². The van der Waals surface area contributed by atoms with Gasteiger partial charge in [0.05, 0.1) is 12.1 Å². The first-order valence-electron chi connectivity index (χ1n) is 5.45. The van der Waals surface area contributed by atoms with Gasteiger partial charge in [-0.1, -0.05) is 0 Å². The number of hydrogen-bond donors (Lipinski definition) is 3. The summed E-state index contributed by atoms with van der Waals surface area (Å²) in [5.74, 6) is 0.624. The van der Waals surface area contributed by atoms with Crippen molar-refractivity contribution in [2.45, 2.75) is 37.8 Å². The molecular formula is C10H18N2O2. The van der Waals surface area contributed by atoms with Gasteiger partial charge >= 0.3 is 0 Å². The van der Waals surface area contributed by atoms with Gasteiger partial charge in [-0.15, -0.1) is 0 Å². The molecule has 1 saturated heterocycles. The molecule has 4 heteroatoms. The fourth-order valence-corrected chi connectivity index (χ4v) is 2.14. The van der Waals surface area contributed by atoms with E-state index in [1.807, 2.05) is 0 Å². The van der Waals surface area contributed by atoms with Crippen molar-refractivity contribution in [2.75, 3.05) is 13.1 Å². The van der Waals surface area contributed by atoms with Gasteiger partial charge in [0, 0.05) is 6.54 Å². The summed E-state index contributed by atoms with van der Waals surface area (Å²) in [4.78, 5) is 11.5. The van der Waals surface area contributed by atoms with E-state index >= 15 is 0 Å². The van der Waals surface area contributed by atoms with Gasteiger partial charge < -0.3 is 15.7 Å². The van der Waals surface area contributed by atoms with Crippen molar-refractivity contribution in [2.24, 2.45) is 5.92 Å². The standard InChI is InChI=1S/C10H18N2O2/c13-8-4-7(5-8)6-12-10(14)9-2-1-3-11-9/h7-9,11,13H,1-6H2,(H,12,14)/t7?,8?,9-/m1/s1. The molecule has 0 unspecified atom stereocenters. The molecule has 1 amide bonds. The first-order valence-corrected chi connectivity index (χ1v) is 5.45. The van der Waals surface area contributed by atoms with E-state index in [9.17, 15) is 4.79 Å². The maximum absolute atomic E-state index is 11.5. The Hall–Kier alpha value is -0.610. The molecule has 3 N–H and O–H groups in total. The summed E-state index contributed by atoms with van der Waals surface area (Å²) in [7, 11) is 0. The molecule has 0 radical (unpaired) electrons. The molecule has 0 aromatic carbocycles. The number of carbonyl (C=O) groups is 1. The zero-order chi connectivity index (χ0) is 9.97. The molecule has 1 aliphatic carbocycles. The van der Waals surface area contributed by atoms with E-state index in [4.69, 9.17) is 5.11 Å². The van der Waals surface area contributed by atoms with E-state index < -0.39 is 0 Å². The lowest BCUT2D eigenvalue weighted by Crippen LogP contribution is -2.44. The smallest absolute Gasteiger partial charge is 0.237 e. The van der Waals surface area contributed by atoms with Crippen molar-refractivity contribution >= 4 is 5.91 Å². The molecule has 0 spiro atoms. The highest BCUT2D eigenvalue weighted by Gasteiger charge is 2.28. The Kier molecular flexibility index (Phi) is 3.03. The molecule has 0 aromatic heterocycles. The SMILES string of the molecule is O=C(NCC1CC(O)C1)[C@H]1CCCN1. The van der Waals surface area contributed by atoms with Crippen molar-refractivity contribution in [3.63, 3.8) is 0 Å². The molecule has 1 saturated carbocycles. The highest BCUT2D eigenvalue weighted by atomic mass is 16.3. The minimum Gasteiger partial charge on any atom is -0.393 e. The van der Waals surface area contributed by atoms with Gasteiger partial charge in [-0.3, -0.25) is 4.79 Å². The van der Waals surface area contributed by atoms with E-state index in [1.165, 1.54) is 0 Å². The fraction of sp³-hybridized carbons (Fsp3) is 0.900. The third-order valence-electron chi connectivity index (χ3n) is 3.15. The Balaban J connectivity index is 1.62. The second-order valence-electron chi connectivity index (χ2n) is 4.39. The number of nitrogens with one attached hydrogen (secondary N) is 2. The zero-order valence-corrected chi connectivity index (χ0v) is 8.33. The lowest BCUT2D eigenvalue weighted by molar-refractivity contribution is -0.123. The predicted molar refractivity (Wildman–Crippen MR) is 52.8 cm³/mol. The molecule has 2 fully saturated rings. The first-order chi connectivity index (χ1) is 6.75. The Bertz CT molecular complexity index is 208. The Labute approximate surface area is 84.1 Å². The topological polar surface area (TPSA) is 61.4 Å². The van der Waals surface area contributed by atoms with Crippen LogP contribution in [-0.2, 0) is 4.79 Å². The maximum atomic E-state index is 11.5. The molecule has 2 rings (SSSR count). The van der Waals surface area contributed by atoms with Crippen molar-refractivity contribution in [1.29, 1.82) is 0 Å². The number of carbonyl (C=O) groups excluding carboxylic acids is 1. The van der Waals surface area contributed by atoms with Gasteiger partial charge in [0.2, 0.25) is 5.91 Å². The average molecular weight is 198 g/mol. The zero-order valence-electron chi connectivity index (χ0n) is 8.33. The third-order valence-corrected chi connectivity index (χ3v) is 3.15. The highest BCUT2D eigenvalue weighted by Crippen LogP contribution is 2.26. The van der Waals surface area contributed by atoms with Crippen LogP contribution in [-0.4, -0.2) is 36.2 Å². The highest BCUT2D eigenvalue weighted by molar-refractivity contribution is 5.81. The average Bonchev–Trinajstić information content (AvgIpc) is 2.62. The Morgan fingerprint density at radius 1 is 1.50 bits per heavy atom. The summed E-state index contributed by atoms with van der Waals surface area (Å²) in [6.07, 6.45) is 3.62. The molecule has 1 aliphatic heterocycles. The van der Waals surface area contributed by atoms with Gasteiger partial charge in [0.25, 0.3) is 0 Å². The Morgan fingerprint density at radius 3 is 2.86 bits per heavy atom. The lowest BCUT2D eigenvalue weighted by Gasteiger charge is -2.31. The number of aliphatic hydroxyl groups excluding tert-OH is 1.